The molecule has 4 nitrogen and oxygen atoms in total. The SMILES string of the molecule is Cc1nc(CC(=O)NC2CCCC2CO)cs1. The zero-order valence-corrected chi connectivity index (χ0v) is 10.8. The van der Waals surface area contributed by atoms with E-state index in [0.717, 1.165) is 30.0 Å². The molecular weight excluding hydrogens is 236 g/mol. The van der Waals surface area contributed by atoms with Crippen LogP contribution in [0, 0.1) is 12.8 Å². The molecule has 0 bridgehead atoms. The van der Waals surface area contributed by atoms with E-state index in [1.54, 1.807) is 11.3 Å². The third kappa shape index (κ3) is 3.26. The number of aliphatic hydroxyl groups is 1. The molecule has 0 aromatic carbocycles. The largest absolute Gasteiger partial charge is 0.396 e. The number of aromatic nitrogens is 1. The lowest BCUT2D eigenvalue weighted by atomic mass is 10.1. The van der Waals surface area contributed by atoms with Crippen LogP contribution in [0.15, 0.2) is 5.38 Å². The Kier molecular flexibility index (Phi) is 4.12. The summed E-state index contributed by atoms with van der Waals surface area (Å²) in [6.45, 7) is 2.10. The van der Waals surface area contributed by atoms with Crippen molar-refractivity contribution in [2.24, 2.45) is 5.92 Å². The maximum atomic E-state index is 11.8. The Balaban J connectivity index is 1.85. The quantitative estimate of drug-likeness (QED) is 0.850. The lowest BCUT2D eigenvalue weighted by molar-refractivity contribution is -0.121. The molecule has 1 aliphatic carbocycles. The fourth-order valence-corrected chi connectivity index (χ4v) is 2.97. The molecule has 2 unspecified atom stereocenters. The molecule has 1 saturated carbocycles. The van der Waals surface area contributed by atoms with Gasteiger partial charge in [-0.3, -0.25) is 4.79 Å². The van der Waals surface area contributed by atoms with Crippen molar-refractivity contribution in [2.75, 3.05) is 6.61 Å². The molecular formula is C12H18N2O2S. The Morgan fingerprint density at radius 2 is 2.47 bits per heavy atom. The minimum absolute atomic E-state index is 0.0145. The molecule has 0 aliphatic heterocycles. The van der Waals surface area contributed by atoms with Gasteiger partial charge in [0.2, 0.25) is 5.91 Å². The molecule has 0 spiro atoms. The summed E-state index contributed by atoms with van der Waals surface area (Å²) in [5.41, 5.74) is 0.837. The molecule has 1 fully saturated rings. The molecule has 1 aliphatic rings. The van der Waals surface area contributed by atoms with Crippen molar-refractivity contribution in [1.29, 1.82) is 0 Å². The monoisotopic (exact) mass is 254 g/mol. The number of aliphatic hydroxyl groups excluding tert-OH is 1. The minimum Gasteiger partial charge on any atom is -0.396 e. The number of hydrogen-bond acceptors (Lipinski definition) is 4. The van der Waals surface area contributed by atoms with Gasteiger partial charge in [-0.2, -0.15) is 0 Å². The van der Waals surface area contributed by atoms with Gasteiger partial charge in [-0.1, -0.05) is 6.42 Å². The van der Waals surface area contributed by atoms with Crippen LogP contribution in [0.5, 0.6) is 0 Å². The van der Waals surface area contributed by atoms with Gasteiger partial charge in [0, 0.05) is 23.9 Å². The Bertz CT molecular complexity index is 392. The van der Waals surface area contributed by atoms with E-state index in [-0.39, 0.29) is 24.5 Å². The predicted octanol–water partition coefficient (Wildman–Crippen LogP) is 1.27. The predicted molar refractivity (Wildman–Crippen MR) is 66.9 cm³/mol. The number of aryl methyl sites for hydroxylation is 1. The van der Waals surface area contributed by atoms with E-state index in [1.807, 2.05) is 12.3 Å². The van der Waals surface area contributed by atoms with Gasteiger partial charge in [0.25, 0.3) is 0 Å². The number of amides is 1. The number of hydrogen-bond donors (Lipinski definition) is 2. The number of carbonyl (C=O) groups excluding carboxylic acids is 1. The van der Waals surface area contributed by atoms with Crippen molar-refractivity contribution in [3.63, 3.8) is 0 Å². The van der Waals surface area contributed by atoms with Crippen LogP contribution < -0.4 is 5.32 Å². The molecule has 1 aromatic heterocycles. The summed E-state index contributed by atoms with van der Waals surface area (Å²) >= 11 is 1.56. The number of nitrogens with one attached hydrogen (secondary N) is 1. The van der Waals surface area contributed by atoms with Crippen molar-refractivity contribution < 1.29 is 9.90 Å². The highest BCUT2D eigenvalue weighted by molar-refractivity contribution is 7.09. The van der Waals surface area contributed by atoms with Gasteiger partial charge in [-0.05, 0) is 19.8 Å². The maximum Gasteiger partial charge on any atom is 0.226 e. The van der Waals surface area contributed by atoms with Gasteiger partial charge < -0.3 is 10.4 Å². The minimum atomic E-state index is 0.0145. The number of rotatable bonds is 4. The lowest BCUT2D eigenvalue weighted by Gasteiger charge is -2.18. The number of thiazole rings is 1. The van der Waals surface area contributed by atoms with Gasteiger partial charge in [0.15, 0.2) is 0 Å². The first-order valence-corrected chi connectivity index (χ1v) is 6.88. The molecule has 5 heteroatoms. The third-order valence-electron chi connectivity index (χ3n) is 3.25. The van der Waals surface area contributed by atoms with E-state index in [2.05, 4.69) is 10.3 Å². The molecule has 17 heavy (non-hydrogen) atoms. The van der Waals surface area contributed by atoms with Crippen LogP contribution in [-0.2, 0) is 11.2 Å². The first-order chi connectivity index (χ1) is 8.19. The topological polar surface area (TPSA) is 62.2 Å². The summed E-state index contributed by atoms with van der Waals surface area (Å²) in [5.74, 6) is 0.247. The van der Waals surface area contributed by atoms with Crippen molar-refractivity contribution in [3.05, 3.63) is 16.1 Å². The molecule has 0 saturated heterocycles. The van der Waals surface area contributed by atoms with Crippen LogP contribution >= 0.6 is 11.3 Å². The fourth-order valence-electron chi connectivity index (χ4n) is 2.36. The molecule has 0 radical (unpaired) electrons. The summed E-state index contributed by atoms with van der Waals surface area (Å²) < 4.78 is 0. The second-order valence-corrected chi connectivity index (χ2v) is 5.64. The average molecular weight is 254 g/mol. The van der Waals surface area contributed by atoms with Gasteiger partial charge >= 0.3 is 0 Å². The summed E-state index contributed by atoms with van der Waals surface area (Å²) in [5, 5.41) is 15.1. The van der Waals surface area contributed by atoms with Gasteiger partial charge in [0.1, 0.15) is 0 Å². The second-order valence-electron chi connectivity index (χ2n) is 4.58. The summed E-state index contributed by atoms with van der Waals surface area (Å²) in [7, 11) is 0. The fraction of sp³-hybridized carbons (Fsp3) is 0.667. The van der Waals surface area contributed by atoms with E-state index in [0.29, 0.717) is 6.42 Å². The van der Waals surface area contributed by atoms with Crippen LogP contribution in [0.1, 0.15) is 30.0 Å². The van der Waals surface area contributed by atoms with Crippen molar-refractivity contribution in [3.8, 4) is 0 Å². The zero-order valence-electron chi connectivity index (χ0n) is 9.98. The third-order valence-corrected chi connectivity index (χ3v) is 4.07. The first-order valence-electron chi connectivity index (χ1n) is 6.00. The van der Waals surface area contributed by atoms with Crippen LogP contribution in [-0.4, -0.2) is 28.6 Å². The van der Waals surface area contributed by atoms with Gasteiger partial charge in [-0.15, -0.1) is 11.3 Å². The van der Waals surface area contributed by atoms with Gasteiger partial charge in [-0.25, -0.2) is 4.98 Å². The maximum absolute atomic E-state index is 11.8. The molecule has 2 rings (SSSR count). The Hall–Kier alpha value is -0.940. The summed E-state index contributed by atoms with van der Waals surface area (Å²) in [6, 6.07) is 0.146. The Morgan fingerprint density at radius 1 is 1.65 bits per heavy atom. The normalized spacial score (nSPS) is 23.9. The van der Waals surface area contributed by atoms with E-state index >= 15 is 0 Å². The summed E-state index contributed by atoms with van der Waals surface area (Å²) in [6.07, 6.45) is 3.43. The summed E-state index contributed by atoms with van der Waals surface area (Å²) in [4.78, 5) is 16.1. The molecule has 2 N–H and O–H groups in total. The first kappa shape index (κ1) is 12.5. The van der Waals surface area contributed by atoms with Crippen LogP contribution in [0.25, 0.3) is 0 Å². The highest BCUT2D eigenvalue weighted by Gasteiger charge is 2.27. The highest BCUT2D eigenvalue weighted by atomic mass is 32.1. The second kappa shape index (κ2) is 5.60. The van der Waals surface area contributed by atoms with E-state index in [4.69, 9.17) is 0 Å². The Labute approximate surface area is 105 Å². The van der Waals surface area contributed by atoms with E-state index in [9.17, 15) is 9.90 Å². The molecule has 94 valence electrons. The average Bonchev–Trinajstić information content (AvgIpc) is 2.87. The molecule has 2 atom stereocenters. The zero-order chi connectivity index (χ0) is 12.3. The van der Waals surface area contributed by atoms with Crippen LogP contribution in [0.2, 0.25) is 0 Å². The standard InChI is InChI=1S/C12H18N2O2S/c1-8-13-10(7-17-8)5-12(16)14-11-4-2-3-9(11)6-15/h7,9,11,15H,2-6H2,1H3,(H,14,16). The smallest absolute Gasteiger partial charge is 0.226 e. The van der Waals surface area contributed by atoms with E-state index in [1.165, 1.54) is 0 Å². The van der Waals surface area contributed by atoms with Crippen molar-refractivity contribution in [1.82, 2.24) is 10.3 Å². The lowest BCUT2D eigenvalue weighted by Crippen LogP contribution is -2.39. The molecule has 1 heterocycles. The van der Waals surface area contributed by atoms with E-state index < -0.39 is 0 Å². The van der Waals surface area contributed by atoms with Gasteiger partial charge in [0.05, 0.1) is 17.1 Å². The number of nitrogens with zero attached hydrogens (tertiary/aromatic N) is 1. The van der Waals surface area contributed by atoms with Crippen molar-refractivity contribution in [2.45, 2.75) is 38.6 Å². The van der Waals surface area contributed by atoms with Crippen LogP contribution in [0.4, 0.5) is 0 Å². The molecule has 1 aromatic rings. The Morgan fingerprint density at radius 3 is 3.12 bits per heavy atom. The van der Waals surface area contributed by atoms with Crippen molar-refractivity contribution >= 4 is 17.2 Å². The van der Waals surface area contributed by atoms with Crippen LogP contribution in [0.3, 0.4) is 0 Å². The molecule has 1 amide bonds. The number of carbonyl (C=O) groups is 1. The highest BCUT2D eigenvalue weighted by Crippen LogP contribution is 2.25.